The smallest absolute Gasteiger partial charge is 0.330 e. The van der Waals surface area contributed by atoms with Gasteiger partial charge in [-0.25, -0.2) is 9.78 Å². The highest BCUT2D eigenvalue weighted by Gasteiger charge is 2.03. The minimum atomic E-state index is -0.298. The van der Waals surface area contributed by atoms with Gasteiger partial charge in [-0.3, -0.25) is 0 Å². The van der Waals surface area contributed by atoms with Gasteiger partial charge in [-0.2, -0.15) is 0 Å². The summed E-state index contributed by atoms with van der Waals surface area (Å²) in [5, 5.41) is 0.949. The van der Waals surface area contributed by atoms with Crippen LogP contribution in [-0.2, 0) is 9.53 Å². The van der Waals surface area contributed by atoms with Gasteiger partial charge in [-0.15, -0.1) is 11.3 Å². The summed E-state index contributed by atoms with van der Waals surface area (Å²) in [5.74, 6) is -0.298. The van der Waals surface area contributed by atoms with Crippen LogP contribution in [0.3, 0.4) is 0 Å². The molecule has 0 atom stereocenters. The number of aromatic nitrogens is 1. The molecule has 0 N–H and O–H groups in total. The summed E-state index contributed by atoms with van der Waals surface area (Å²) in [4.78, 5) is 16.7. The Morgan fingerprint density at radius 3 is 2.90 bits per heavy atom. The van der Waals surface area contributed by atoms with Gasteiger partial charge in [0.15, 0.2) is 0 Å². The van der Waals surface area contributed by atoms with Gasteiger partial charge in [0.25, 0.3) is 0 Å². The van der Waals surface area contributed by atoms with Crippen LogP contribution in [0.15, 0.2) is 42.6 Å². The molecule has 0 saturated heterocycles. The van der Waals surface area contributed by atoms with Crippen molar-refractivity contribution in [2.75, 3.05) is 6.61 Å². The summed E-state index contributed by atoms with van der Waals surface area (Å²) in [6.45, 7) is 2.55. The molecule has 0 saturated carbocycles. The lowest BCUT2D eigenvalue weighted by molar-refractivity contribution is -0.137. The van der Waals surface area contributed by atoms with E-state index < -0.39 is 0 Å². The zero-order valence-electron chi connectivity index (χ0n) is 11.4. The molecule has 1 aromatic heterocycles. The number of rotatable bonds is 6. The second-order valence-corrected chi connectivity index (χ2v) is 5.35. The predicted octanol–water partition coefficient (Wildman–Crippen LogP) is 4.17. The second-order valence-electron chi connectivity index (χ2n) is 4.29. The van der Waals surface area contributed by atoms with Crippen LogP contribution < -0.4 is 0 Å². The molecule has 1 heterocycles. The van der Waals surface area contributed by atoms with E-state index in [9.17, 15) is 4.79 Å². The molecule has 4 heteroatoms. The molecular weight excluding hydrogens is 270 g/mol. The first-order chi connectivity index (χ1) is 9.79. The van der Waals surface area contributed by atoms with Crippen molar-refractivity contribution in [3.63, 3.8) is 0 Å². The third-order valence-electron chi connectivity index (χ3n) is 2.67. The van der Waals surface area contributed by atoms with E-state index in [4.69, 9.17) is 4.74 Å². The predicted molar refractivity (Wildman–Crippen MR) is 82.5 cm³/mol. The fourth-order valence-corrected chi connectivity index (χ4v) is 2.42. The Balaban J connectivity index is 1.94. The van der Waals surface area contributed by atoms with E-state index in [1.54, 1.807) is 23.6 Å². The van der Waals surface area contributed by atoms with Crippen molar-refractivity contribution in [3.8, 4) is 10.6 Å². The van der Waals surface area contributed by atoms with Crippen LogP contribution in [0.4, 0.5) is 0 Å². The maximum absolute atomic E-state index is 11.4. The molecule has 0 aliphatic rings. The molecule has 2 rings (SSSR count). The molecule has 0 unspecified atom stereocenters. The largest absolute Gasteiger partial charge is 0.463 e. The first kappa shape index (κ1) is 14.5. The van der Waals surface area contributed by atoms with Crippen LogP contribution in [0.1, 0.15) is 24.6 Å². The summed E-state index contributed by atoms with van der Waals surface area (Å²) in [5.41, 5.74) is 1.09. The quantitative estimate of drug-likeness (QED) is 0.455. The highest BCUT2D eigenvalue weighted by atomic mass is 32.1. The molecular formula is C16H17NO2S. The Labute approximate surface area is 122 Å². The van der Waals surface area contributed by atoms with E-state index in [2.05, 4.69) is 11.9 Å². The van der Waals surface area contributed by atoms with E-state index in [1.165, 1.54) is 6.08 Å². The maximum atomic E-state index is 11.4. The maximum Gasteiger partial charge on any atom is 0.330 e. The Hall–Kier alpha value is -1.94. The first-order valence-electron chi connectivity index (χ1n) is 6.65. The average Bonchev–Trinajstić information content (AvgIpc) is 2.95. The molecule has 0 aliphatic carbocycles. The Morgan fingerprint density at radius 2 is 2.15 bits per heavy atom. The number of carbonyl (C=O) groups excluding carboxylic acids is 1. The van der Waals surface area contributed by atoms with Crippen LogP contribution in [0.2, 0.25) is 0 Å². The zero-order chi connectivity index (χ0) is 14.2. The molecule has 0 bridgehead atoms. The van der Waals surface area contributed by atoms with Crippen molar-refractivity contribution in [3.05, 3.63) is 47.5 Å². The van der Waals surface area contributed by atoms with E-state index in [1.807, 2.05) is 30.3 Å². The van der Waals surface area contributed by atoms with Gasteiger partial charge in [0.05, 0.1) is 6.61 Å². The third kappa shape index (κ3) is 4.31. The highest BCUT2D eigenvalue weighted by Crippen LogP contribution is 2.25. The summed E-state index contributed by atoms with van der Waals surface area (Å²) in [7, 11) is 0. The summed E-state index contributed by atoms with van der Waals surface area (Å²) in [6.07, 6.45) is 6.89. The van der Waals surface area contributed by atoms with Crippen molar-refractivity contribution in [2.45, 2.75) is 19.8 Å². The topological polar surface area (TPSA) is 39.2 Å². The molecule has 2 aromatic rings. The molecule has 0 radical (unpaired) electrons. The second kappa shape index (κ2) is 7.60. The fraction of sp³-hybridized carbons (Fsp3) is 0.250. The van der Waals surface area contributed by atoms with Gasteiger partial charge in [-0.1, -0.05) is 43.7 Å². The van der Waals surface area contributed by atoms with E-state index >= 15 is 0 Å². The molecule has 3 nitrogen and oxygen atoms in total. The minimum Gasteiger partial charge on any atom is -0.463 e. The van der Waals surface area contributed by atoms with Crippen LogP contribution in [0.5, 0.6) is 0 Å². The van der Waals surface area contributed by atoms with Crippen molar-refractivity contribution in [1.82, 2.24) is 4.98 Å². The fourth-order valence-electron chi connectivity index (χ4n) is 1.59. The van der Waals surface area contributed by atoms with Gasteiger partial charge in [0.1, 0.15) is 5.01 Å². The first-order valence-corrected chi connectivity index (χ1v) is 7.47. The Bertz CT molecular complexity index is 575. The van der Waals surface area contributed by atoms with Crippen molar-refractivity contribution >= 4 is 23.4 Å². The van der Waals surface area contributed by atoms with Gasteiger partial charge in [0.2, 0.25) is 0 Å². The number of ether oxygens (including phenoxy) is 1. The number of thiazole rings is 1. The number of esters is 1. The third-order valence-corrected chi connectivity index (χ3v) is 3.68. The van der Waals surface area contributed by atoms with Gasteiger partial charge < -0.3 is 4.74 Å². The van der Waals surface area contributed by atoms with Crippen LogP contribution in [0.25, 0.3) is 16.6 Å². The molecule has 104 valence electrons. The summed E-state index contributed by atoms with van der Waals surface area (Å²) >= 11 is 1.55. The minimum absolute atomic E-state index is 0.298. The van der Waals surface area contributed by atoms with Crippen LogP contribution in [0, 0.1) is 0 Å². The number of hydrogen-bond acceptors (Lipinski definition) is 4. The van der Waals surface area contributed by atoms with Gasteiger partial charge >= 0.3 is 5.97 Å². The van der Waals surface area contributed by atoms with Gasteiger partial charge in [0, 0.05) is 22.7 Å². The van der Waals surface area contributed by atoms with Crippen molar-refractivity contribution in [2.24, 2.45) is 0 Å². The number of hydrogen-bond donors (Lipinski definition) is 0. The van der Waals surface area contributed by atoms with E-state index in [0.717, 1.165) is 28.3 Å². The lowest BCUT2D eigenvalue weighted by Crippen LogP contribution is -2.01. The monoisotopic (exact) mass is 287 g/mol. The molecule has 0 fully saturated rings. The normalized spacial score (nSPS) is 10.8. The van der Waals surface area contributed by atoms with Gasteiger partial charge in [-0.05, 0) is 12.5 Å². The van der Waals surface area contributed by atoms with E-state index in [-0.39, 0.29) is 5.97 Å². The van der Waals surface area contributed by atoms with Crippen molar-refractivity contribution in [1.29, 1.82) is 0 Å². The zero-order valence-corrected chi connectivity index (χ0v) is 12.2. The standard InChI is InChI=1S/C16H17NO2S/c1-2-3-11-19-15(18)10-9-14-12-17-16(20-14)13-7-5-4-6-8-13/h4-10,12H,2-3,11H2,1H3/b10-9+. The Morgan fingerprint density at radius 1 is 1.35 bits per heavy atom. The number of benzene rings is 1. The van der Waals surface area contributed by atoms with Crippen LogP contribution >= 0.6 is 11.3 Å². The lowest BCUT2D eigenvalue weighted by atomic mass is 10.2. The summed E-state index contributed by atoms with van der Waals surface area (Å²) in [6, 6.07) is 9.98. The number of carbonyl (C=O) groups is 1. The average molecular weight is 287 g/mol. The Kier molecular flexibility index (Phi) is 5.50. The molecule has 20 heavy (non-hydrogen) atoms. The molecule has 0 amide bonds. The molecule has 0 aliphatic heterocycles. The van der Waals surface area contributed by atoms with Crippen molar-refractivity contribution < 1.29 is 9.53 Å². The number of nitrogens with zero attached hydrogens (tertiary/aromatic N) is 1. The molecule has 1 aromatic carbocycles. The van der Waals surface area contributed by atoms with Crippen LogP contribution in [-0.4, -0.2) is 17.6 Å². The molecule has 0 spiro atoms. The lowest BCUT2D eigenvalue weighted by Gasteiger charge is -1.98. The SMILES string of the molecule is CCCCOC(=O)/C=C/c1cnc(-c2ccccc2)s1. The summed E-state index contributed by atoms with van der Waals surface area (Å²) < 4.78 is 5.05. The number of unbranched alkanes of at least 4 members (excludes halogenated alkanes) is 1. The highest BCUT2D eigenvalue weighted by molar-refractivity contribution is 7.15. The van der Waals surface area contributed by atoms with E-state index in [0.29, 0.717) is 6.61 Å².